The van der Waals surface area contributed by atoms with Gasteiger partial charge < -0.3 is 16.8 Å². The van der Waals surface area contributed by atoms with E-state index in [-0.39, 0.29) is 34.7 Å². The van der Waals surface area contributed by atoms with Crippen molar-refractivity contribution in [3.63, 3.8) is 0 Å². The Balaban J connectivity index is 2.01. The number of nitrogens with zero attached hydrogens (tertiary/aromatic N) is 4. The van der Waals surface area contributed by atoms with Crippen molar-refractivity contribution in [3.8, 4) is 11.8 Å². The van der Waals surface area contributed by atoms with E-state index in [0.717, 1.165) is 40.7 Å². The number of nitriles is 1. The van der Waals surface area contributed by atoms with Gasteiger partial charge in [0.25, 0.3) is 5.56 Å². The highest BCUT2D eigenvalue weighted by Crippen LogP contribution is 2.31. The maximum Gasteiger partial charge on any atom is 0.263 e. The fraction of sp³-hybridized carbons (Fsp3) is 0.259. The summed E-state index contributed by atoms with van der Waals surface area (Å²) in [5, 5.41) is 14.6. The van der Waals surface area contributed by atoms with Gasteiger partial charge in [0, 0.05) is 5.69 Å². The summed E-state index contributed by atoms with van der Waals surface area (Å²) in [6, 6.07) is 17.4. The van der Waals surface area contributed by atoms with Crippen LogP contribution in [0.1, 0.15) is 54.6 Å². The molecule has 0 aliphatic heterocycles. The molecule has 35 heavy (non-hydrogen) atoms. The lowest BCUT2D eigenvalue weighted by molar-refractivity contribution is 0.605. The number of benzene rings is 2. The molecule has 0 unspecified atom stereocenters. The first-order valence-corrected chi connectivity index (χ1v) is 11.7. The van der Waals surface area contributed by atoms with Gasteiger partial charge in [-0.2, -0.15) is 15.2 Å². The first-order chi connectivity index (χ1) is 16.8. The van der Waals surface area contributed by atoms with Crippen LogP contribution in [0.5, 0.6) is 0 Å². The van der Waals surface area contributed by atoms with Crippen LogP contribution in [0.2, 0.25) is 0 Å². The van der Waals surface area contributed by atoms with E-state index < -0.39 is 0 Å². The molecule has 2 heterocycles. The largest absolute Gasteiger partial charge is 0.382 e. The Labute approximate surface area is 204 Å². The number of fused-ring (bicyclic) bond motifs is 1. The second-order valence-corrected chi connectivity index (χ2v) is 8.68. The smallest absolute Gasteiger partial charge is 0.263 e. The molecule has 2 aromatic heterocycles. The third-order valence-electron chi connectivity index (χ3n) is 6.22. The predicted molar refractivity (Wildman–Crippen MR) is 140 cm³/mol. The lowest BCUT2D eigenvalue weighted by atomic mass is 9.99. The van der Waals surface area contributed by atoms with E-state index in [1.165, 1.54) is 0 Å². The van der Waals surface area contributed by atoms with Gasteiger partial charge in [-0.15, -0.1) is 0 Å². The maximum absolute atomic E-state index is 14.0. The highest BCUT2D eigenvalue weighted by Gasteiger charge is 2.23. The van der Waals surface area contributed by atoms with E-state index >= 15 is 0 Å². The third-order valence-corrected chi connectivity index (χ3v) is 6.22. The molecule has 0 aliphatic carbocycles. The zero-order valence-corrected chi connectivity index (χ0v) is 20.2. The SMILES string of the molecule is CCCC[C@H](Nc1nc(N)nc(N)c1C#N)c1cc2cccc(C)c2c(=O)n1-c1ccccc1C. The number of unbranched alkanes of at least 4 members (excludes halogenated alkanes) is 1. The van der Waals surface area contributed by atoms with Gasteiger partial charge in [-0.1, -0.05) is 56.2 Å². The van der Waals surface area contributed by atoms with Crippen LogP contribution in [0.4, 0.5) is 17.6 Å². The van der Waals surface area contributed by atoms with Crippen LogP contribution in [0, 0.1) is 25.2 Å². The van der Waals surface area contributed by atoms with Crippen LogP contribution in [0.15, 0.2) is 53.3 Å². The van der Waals surface area contributed by atoms with Crippen molar-refractivity contribution < 1.29 is 0 Å². The number of rotatable bonds is 7. The van der Waals surface area contributed by atoms with Crippen molar-refractivity contribution in [1.82, 2.24) is 14.5 Å². The lowest BCUT2D eigenvalue weighted by Gasteiger charge is -2.26. The Morgan fingerprint density at radius 1 is 1.09 bits per heavy atom. The highest BCUT2D eigenvalue weighted by molar-refractivity contribution is 5.85. The summed E-state index contributed by atoms with van der Waals surface area (Å²) in [5.41, 5.74) is 15.3. The second kappa shape index (κ2) is 9.85. The number of nitrogens with one attached hydrogen (secondary N) is 1. The summed E-state index contributed by atoms with van der Waals surface area (Å²) in [5.74, 6) is 0.248. The van der Waals surface area contributed by atoms with Crippen LogP contribution in [-0.4, -0.2) is 14.5 Å². The molecule has 1 atom stereocenters. The topological polar surface area (TPSA) is 136 Å². The van der Waals surface area contributed by atoms with Crippen LogP contribution in [0.3, 0.4) is 0 Å². The molecule has 178 valence electrons. The number of aryl methyl sites for hydroxylation is 2. The van der Waals surface area contributed by atoms with E-state index in [0.29, 0.717) is 11.8 Å². The van der Waals surface area contributed by atoms with Gasteiger partial charge >= 0.3 is 0 Å². The van der Waals surface area contributed by atoms with Crippen LogP contribution >= 0.6 is 0 Å². The summed E-state index contributed by atoms with van der Waals surface area (Å²) in [6.07, 6.45) is 2.55. The molecule has 0 radical (unpaired) electrons. The fourth-order valence-corrected chi connectivity index (χ4v) is 4.45. The number of hydrogen-bond donors (Lipinski definition) is 3. The lowest BCUT2D eigenvalue weighted by Crippen LogP contribution is -2.28. The van der Waals surface area contributed by atoms with Gasteiger partial charge in [-0.05, 0) is 48.9 Å². The molecule has 8 nitrogen and oxygen atoms in total. The quantitative estimate of drug-likeness (QED) is 0.356. The average molecular weight is 468 g/mol. The molecule has 8 heteroatoms. The van der Waals surface area contributed by atoms with Gasteiger partial charge in [-0.25, -0.2) is 0 Å². The monoisotopic (exact) mass is 467 g/mol. The highest BCUT2D eigenvalue weighted by atomic mass is 16.1. The molecule has 0 bridgehead atoms. The molecule has 0 fully saturated rings. The summed E-state index contributed by atoms with van der Waals surface area (Å²) < 4.78 is 1.78. The Morgan fingerprint density at radius 2 is 1.83 bits per heavy atom. The maximum atomic E-state index is 14.0. The molecule has 4 aromatic rings. The van der Waals surface area contributed by atoms with E-state index in [1.807, 2.05) is 62.4 Å². The van der Waals surface area contributed by atoms with Crippen molar-refractivity contribution in [2.24, 2.45) is 0 Å². The van der Waals surface area contributed by atoms with E-state index in [9.17, 15) is 10.1 Å². The predicted octanol–water partition coefficient (Wildman–Crippen LogP) is 4.78. The molecule has 0 spiro atoms. The van der Waals surface area contributed by atoms with Gasteiger partial charge in [0.1, 0.15) is 17.5 Å². The minimum absolute atomic E-state index is 0.0159. The van der Waals surface area contributed by atoms with Crippen LogP contribution in [0.25, 0.3) is 16.5 Å². The summed E-state index contributed by atoms with van der Waals surface area (Å²) in [4.78, 5) is 22.2. The minimum atomic E-state index is -0.340. The summed E-state index contributed by atoms with van der Waals surface area (Å²) >= 11 is 0. The third kappa shape index (κ3) is 4.53. The second-order valence-electron chi connectivity index (χ2n) is 8.68. The summed E-state index contributed by atoms with van der Waals surface area (Å²) in [7, 11) is 0. The molecular formula is C27H29N7O. The van der Waals surface area contributed by atoms with Gasteiger partial charge in [0.2, 0.25) is 5.95 Å². The number of nitrogens with two attached hydrogens (primary N) is 2. The number of para-hydroxylation sites is 1. The van der Waals surface area contributed by atoms with Crippen LogP contribution < -0.4 is 22.3 Å². The van der Waals surface area contributed by atoms with Crippen molar-refractivity contribution in [2.75, 3.05) is 16.8 Å². The van der Waals surface area contributed by atoms with E-state index in [1.54, 1.807) is 4.57 Å². The number of anilines is 3. The molecule has 5 N–H and O–H groups in total. The summed E-state index contributed by atoms with van der Waals surface area (Å²) in [6.45, 7) is 6.04. The van der Waals surface area contributed by atoms with Gasteiger partial charge in [0.05, 0.1) is 17.1 Å². The first-order valence-electron chi connectivity index (χ1n) is 11.7. The molecule has 0 aliphatic rings. The Bertz CT molecular complexity index is 1500. The van der Waals surface area contributed by atoms with E-state index in [2.05, 4.69) is 28.3 Å². The van der Waals surface area contributed by atoms with Crippen molar-refractivity contribution in [1.29, 1.82) is 5.26 Å². The average Bonchev–Trinajstić information content (AvgIpc) is 2.82. The fourth-order valence-electron chi connectivity index (χ4n) is 4.45. The number of nitrogen functional groups attached to an aromatic ring is 2. The van der Waals surface area contributed by atoms with Crippen LogP contribution in [-0.2, 0) is 0 Å². The van der Waals surface area contributed by atoms with E-state index in [4.69, 9.17) is 11.5 Å². The molecule has 2 aromatic carbocycles. The standard InChI is InChI=1S/C27H29N7O/c1-4-5-12-20(31-25-19(15-28)24(29)32-27(30)33-25)22-14-18-11-8-10-17(3)23(18)26(35)34(22)21-13-7-6-9-16(21)2/h6-11,13-14,20H,4-5,12H2,1-3H3,(H5,29,30,31,32,33)/t20-/m0/s1. The molecular weight excluding hydrogens is 438 g/mol. The van der Waals surface area contributed by atoms with Gasteiger partial charge in [0.15, 0.2) is 5.82 Å². The number of pyridine rings is 1. The van der Waals surface area contributed by atoms with Crippen molar-refractivity contribution in [3.05, 3.63) is 81.3 Å². The Morgan fingerprint density at radius 3 is 2.54 bits per heavy atom. The first kappa shape index (κ1) is 23.8. The molecule has 0 amide bonds. The Hall–Kier alpha value is -4.38. The van der Waals surface area contributed by atoms with Gasteiger partial charge in [-0.3, -0.25) is 9.36 Å². The zero-order chi connectivity index (χ0) is 25.1. The normalized spacial score (nSPS) is 11.8. The minimum Gasteiger partial charge on any atom is -0.382 e. The van der Waals surface area contributed by atoms with Crippen molar-refractivity contribution in [2.45, 2.75) is 46.1 Å². The molecule has 0 saturated carbocycles. The molecule has 4 rings (SSSR count). The Kier molecular flexibility index (Phi) is 6.69. The van der Waals surface area contributed by atoms with Crippen molar-refractivity contribution >= 4 is 28.4 Å². The zero-order valence-electron chi connectivity index (χ0n) is 20.2. The number of hydrogen-bond acceptors (Lipinski definition) is 7. The number of aromatic nitrogens is 3. The molecule has 0 saturated heterocycles.